The number of nitrogens with one attached hydrogen (secondary N) is 1. The van der Waals surface area contributed by atoms with Gasteiger partial charge in [0.05, 0.1) is 13.7 Å². The van der Waals surface area contributed by atoms with Crippen molar-refractivity contribution in [1.82, 2.24) is 10.2 Å². The molecular formula is C19H26N2O5. The van der Waals surface area contributed by atoms with E-state index in [1.807, 2.05) is 18.2 Å². The number of carbonyl (C=O) groups is 3. The number of aliphatic hydroxyl groups excluding tert-OH is 1. The van der Waals surface area contributed by atoms with E-state index in [2.05, 4.69) is 10.1 Å². The summed E-state index contributed by atoms with van der Waals surface area (Å²) in [7, 11) is 4.65. The fourth-order valence-electron chi connectivity index (χ4n) is 2.16. The zero-order valence-electron chi connectivity index (χ0n) is 15.4. The van der Waals surface area contributed by atoms with Crippen LogP contribution in [0.5, 0.6) is 0 Å². The molecule has 2 N–H and O–H groups in total. The second kappa shape index (κ2) is 11.0. The summed E-state index contributed by atoms with van der Waals surface area (Å²) < 4.78 is 4.52. The van der Waals surface area contributed by atoms with Crippen molar-refractivity contribution in [2.24, 2.45) is 0 Å². The molecule has 2 amide bonds. The Bertz CT molecular complexity index is 655. The van der Waals surface area contributed by atoms with Gasteiger partial charge in [0.25, 0.3) is 5.91 Å². The highest BCUT2D eigenvalue weighted by Gasteiger charge is 2.21. The number of amides is 2. The van der Waals surface area contributed by atoms with Gasteiger partial charge in [-0.05, 0) is 30.5 Å². The highest BCUT2D eigenvalue weighted by atomic mass is 16.5. The number of allylic oxidation sites excluding steroid dienone is 1. The van der Waals surface area contributed by atoms with Crippen molar-refractivity contribution in [2.45, 2.75) is 25.3 Å². The van der Waals surface area contributed by atoms with Crippen LogP contribution in [0.25, 0.3) is 6.08 Å². The highest BCUT2D eigenvalue weighted by molar-refractivity contribution is 5.97. The molecule has 1 aromatic rings. The first-order valence-electron chi connectivity index (χ1n) is 8.35. The third-order valence-corrected chi connectivity index (χ3v) is 3.69. The molecule has 0 spiro atoms. The summed E-state index contributed by atoms with van der Waals surface area (Å²) in [5.41, 5.74) is 1.20. The van der Waals surface area contributed by atoms with Crippen LogP contribution in [0, 0.1) is 0 Å². The lowest BCUT2D eigenvalue weighted by atomic mass is 10.1. The van der Waals surface area contributed by atoms with Gasteiger partial charge in [-0.3, -0.25) is 9.59 Å². The Morgan fingerprint density at radius 1 is 1.31 bits per heavy atom. The van der Waals surface area contributed by atoms with Crippen molar-refractivity contribution in [1.29, 1.82) is 0 Å². The van der Waals surface area contributed by atoms with Crippen LogP contribution in [0.15, 0.2) is 30.3 Å². The standard InChI is InChI=1S/C19H26N2O5/c1-21(2)17(23)11-6-4-5-8-14-9-7-10-15(12-14)18(24)20-16(13-22)19(25)26-3/h5,7-10,12,16,22H,4,6,11,13H2,1-3H3,(H,20,24)/b8-5-. The van der Waals surface area contributed by atoms with Crippen LogP contribution in [0.1, 0.15) is 35.2 Å². The van der Waals surface area contributed by atoms with Gasteiger partial charge < -0.3 is 20.1 Å². The summed E-state index contributed by atoms with van der Waals surface area (Å²) >= 11 is 0. The topological polar surface area (TPSA) is 95.9 Å². The summed E-state index contributed by atoms with van der Waals surface area (Å²) in [5, 5.41) is 11.6. The minimum atomic E-state index is -1.10. The van der Waals surface area contributed by atoms with E-state index in [1.54, 1.807) is 37.2 Å². The minimum absolute atomic E-state index is 0.0983. The first-order valence-corrected chi connectivity index (χ1v) is 8.35. The Balaban J connectivity index is 2.61. The number of benzene rings is 1. The summed E-state index contributed by atoms with van der Waals surface area (Å²) in [6, 6.07) is 5.79. The maximum atomic E-state index is 12.2. The Kier molecular flexibility index (Phi) is 9.08. The van der Waals surface area contributed by atoms with Crippen LogP contribution in [-0.2, 0) is 14.3 Å². The van der Waals surface area contributed by atoms with E-state index in [0.717, 1.165) is 18.4 Å². The number of esters is 1. The van der Waals surface area contributed by atoms with Gasteiger partial charge in [0.1, 0.15) is 0 Å². The van der Waals surface area contributed by atoms with E-state index < -0.39 is 24.5 Å². The van der Waals surface area contributed by atoms with Gasteiger partial charge in [-0.25, -0.2) is 4.79 Å². The maximum Gasteiger partial charge on any atom is 0.330 e. The average Bonchev–Trinajstić information content (AvgIpc) is 2.64. The van der Waals surface area contributed by atoms with E-state index in [-0.39, 0.29) is 5.91 Å². The number of ether oxygens (including phenoxy) is 1. The monoisotopic (exact) mass is 362 g/mol. The molecule has 26 heavy (non-hydrogen) atoms. The lowest BCUT2D eigenvalue weighted by molar-refractivity contribution is -0.143. The normalized spacial score (nSPS) is 11.8. The van der Waals surface area contributed by atoms with Crippen LogP contribution in [-0.4, -0.2) is 61.6 Å². The lowest BCUT2D eigenvalue weighted by Gasteiger charge is -2.13. The first kappa shape index (κ1) is 21.4. The molecule has 0 heterocycles. The highest BCUT2D eigenvalue weighted by Crippen LogP contribution is 2.09. The van der Waals surface area contributed by atoms with Crippen molar-refractivity contribution in [3.8, 4) is 0 Å². The lowest BCUT2D eigenvalue weighted by Crippen LogP contribution is -2.44. The van der Waals surface area contributed by atoms with Crippen LogP contribution >= 0.6 is 0 Å². The van der Waals surface area contributed by atoms with E-state index in [4.69, 9.17) is 5.11 Å². The molecule has 7 heteroatoms. The van der Waals surface area contributed by atoms with Crippen molar-refractivity contribution in [3.63, 3.8) is 0 Å². The number of unbranched alkanes of at least 4 members (excludes halogenated alkanes) is 1. The molecule has 0 aliphatic carbocycles. The fraction of sp³-hybridized carbons (Fsp3) is 0.421. The third kappa shape index (κ3) is 7.06. The molecule has 142 valence electrons. The molecule has 1 unspecified atom stereocenters. The van der Waals surface area contributed by atoms with Gasteiger partial charge in [0, 0.05) is 26.1 Å². The molecular weight excluding hydrogens is 336 g/mol. The van der Waals surface area contributed by atoms with Gasteiger partial charge in [-0.15, -0.1) is 0 Å². The summed E-state index contributed by atoms with van der Waals surface area (Å²) in [6.07, 6.45) is 5.83. The van der Waals surface area contributed by atoms with E-state index in [1.165, 1.54) is 7.11 Å². The minimum Gasteiger partial charge on any atom is -0.467 e. The molecule has 0 bridgehead atoms. The van der Waals surface area contributed by atoms with Crippen LogP contribution in [0.3, 0.4) is 0 Å². The quantitative estimate of drug-likeness (QED) is 0.509. The second-order valence-corrected chi connectivity index (χ2v) is 5.94. The molecule has 1 rings (SSSR count). The SMILES string of the molecule is COC(=O)C(CO)NC(=O)c1cccc(/C=C\CCCC(=O)N(C)C)c1. The number of carbonyl (C=O) groups excluding carboxylic acids is 3. The van der Waals surface area contributed by atoms with Gasteiger partial charge in [0.2, 0.25) is 5.91 Å². The van der Waals surface area contributed by atoms with Gasteiger partial charge in [-0.2, -0.15) is 0 Å². The van der Waals surface area contributed by atoms with Crippen LogP contribution in [0.4, 0.5) is 0 Å². The Hall–Kier alpha value is -2.67. The third-order valence-electron chi connectivity index (χ3n) is 3.69. The molecule has 0 radical (unpaired) electrons. The largest absolute Gasteiger partial charge is 0.467 e. The number of nitrogens with zero attached hydrogens (tertiary/aromatic N) is 1. The number of hydrogen-bond donors (Lipinski definition) is 2. The van der Waals surface area contributed by atoms with Crippen LogP contribution < -0.4 is 5.32 Å². The molecule has 1 aromatic carbocycles. The predicted molar refractivity (Wildman–Crippen MR) is 98.4 cm³/mol. The second-order valence-electron chi connectivity index (χ2n) is 5.94. The predicted octanol–water partition coefficient (Wildman–Crippen LogP) is 1.22. The van der Waals surface area contributed by atoms with E-state index >= 15 is 0 Å². The Morgan fingerprint density at radius 3 is 2.65 bits per heavy atom. The molecule has 0 fully saturated rings. The Morgan fingerprint density at radius 2 is 2.04 bits per heavy atom. The number of hydrogen-bond acceptors (Lipinski definition) is 5. The number of methoxy groups -OCH3 is 1. The molecule has 0 aliphatic rings. The van der Waals surface area contributed by atoms with Crippen molar-refractivity contribution in [3.05, 3.63) is 41.5 Å². The summed E-state index contributed by atoms with van der Waals surface area (Å²) in [5.74, 6) is -1.08. The van der Waals surface area contributed by atoms with Crippen molar-refractivity contribution in [2.75, 3.05) is 27.8 Å². The number of aliphatic hydroxyl groups is 1. The van der Waals surface area contributed by atoms with E-state index in [9.17, 15) is 14.4 Å². The smallest absolute Gasteiger partial charge is 0.330 e. The summed E-state index contributed by atoms with van der Waals surface area (Å²) in [4.78, 5) is 36.7. The molecule has 0 aromatic heterocycles. The molecule has 0 saturated heterocycles. The van der Waals surface area contributed by atoms with Gasteiger partial charge >= 0.3 is 5.97 Å². The van der Waals surface area contributed by atoms with Crippen molar-refractivity contribution >= 4 is 23.9 Å². The Labute approximate surface area is 153 Å². The number of rotatable bonds is 9. The molecule has 0 aliphatic heterocycles. The van der Waals surface area contributed by atoms with Crippen molar-refractivity contribution < 1.29 is 24.2 Å². The zero-order valence-corrected chi connectivity index (χ0v) is 15.4. The molecule has 1 atom stereocenters. The fourth-order valence-corrected chi connectivity index (χ4v) is 2.16. The average molecular weight is 362 g/mol. The zero-order chi connectivity index (χ0) is 19.5. The van der Waals surface area contributed by atoms with Gasteiger partial charge in [0.15, 0.2) is 6.04 Å². The van der Waals surface area contributed by atoms with Crippen LogP contribution in [0.2, 0.25) is 0 Å². The first-order chi connectivity index (χ1) is 12.4. The molecule has 7 nitrogen and oxygen atoms in total. The van der Waals surface area contributed by atoms with Gasteiger partial charge in [-0.1, -0.05) is 24.3 Å². The maximum absolute atomic E-state index is 12.2. The summed E-state index contributed by atoms with van der Waals surface area (Å²) in [6.45, 7) is -0.538. The molecule has 0 saturated carbocycles. The van der Waals surface area contributed by atoms with E-state index in [0.29, 0.717) is 12.0 Å².